The van der Waals surface area contributed by atoms with Crippen molar-refractivity contribution in [1.29, 1.82) is 0 Å². The molecule has 2 rings (SSSR count). The molecular formula is C16H22N2O3. The van der Waals surface area contributed by atoms with Crippen molar-refractivity contribution < 1.29 is 14.7 Å². The lowest BCUT2D eigenvalue weighted by molar-refractivity contribution is 0.0620. The Balaban J connectivity index is 2.19. The fraction of sp³-hybridized carbons (Fsp3) is 0.562. The molecule has 1 amide bonds. The largest absolute Gasteiger partial charge is 0.478 e. The van der Waals surface area contributed by atoms with Crippen LogP contribution in [-0.4, -0.2) is 40.0 Å². The number of aromatic nitrogens is 1. The Hall–Kier alpha value is -1.91. The Morgan fingerprint density at radius 3 is 2.52 bits per heavy atom. The number of carbonyl (C=O) groups is 2. The summed E-state index contributed by atoms with van der Waals surface area (Å²) in [5, 5.41) is 9.01. The van der Waals surface area contributed by atoms with Gasteiger partial charge in [-0.25, -0.2) is 9.78 Å². The van der Waals surface area contributed by atoms with Crippen LogP contribution in [0.5, 0.6) is 0 Å². The zero-order chi connectivity index (χ0) is 15.6. The van der Waals surface area contributed by atoms with Gasteiger partial charge < -0.3 is 10.0 Å². The van der Waals surface area contributed by atoms with E-state index < -0.39 is 5.97 Å². The minimum Gasteiger partial charge on any atom is -0.478 e. The van der Waals surface area contributed by atoms with Gasteiger partial charge in [0.25, 0.3) is 5.91 Å². The van der Waals surface area contributed by atoms with Crippen LogP contribution >= 0.6 is 0 Å². The second kappa shape index (κ2) is 6.24. The molecule has 1 heterocycles. The summed E-state index contributed by atoms with van der Waals surface area (Å²) >= 11 is 0. The van der Waals surface area contributed by atoms with E-state index in [9.17, 15) is 9.59 Å². The van der Waals surface area contributed by atoms with E-state index in [1.807, 2.05) is 7.05 Å². The van der Waals surface area contributed by atoms with E-state index in [4.69, 9.17) is 5.11 Å². The topological polar surface area (TPSA) is 70.5 Å². The molecule has 0 radical (unpaired) electrons. The van der Waals surface area contributed by atoms with Crippen molar-refractivity contribution >= 4 is 11.9 Å². The maximum atomic E-state index is 12.5. The first-order valence-electron chi connectivity index (χ1n) is 7.40. The van der Waals surface area contributed by atoms with E-state index in [-0.39, 0.29) is 17.5 Å². The van der Waals surface area contributed by atoms with Crippen molar-refractivity contribution in [3.63, 3.8) is 0 Å². The predicted molar refractivity (Wildman–Crippen MR) is 79.4 cm³/mol. The Kier molecular flexibility index (Phi) is 4.60. The number of aromatic carboxylic acids is 1. The molecule has 1 aromatic heterocycles. The fourth-order valence-electron chi connectivity index (χ4n) is 3.11. The average molecular weight is 290 g/mol. The van der Waals surface area contributed by atoms with Crippen LogP contribution in [0.15, 0.2) is 12.1 Å². The van der Waals surface area contributed by atoms with E-state index in [1.54, 1.807) is 11.8 Å². The minimum atomic E-state index is -1.02. The normalized spacial score (nSPS) is 21.9. The number of hydrogen-bond donors (Lipinski definition) is 1. The van der Waals surface area contributed by atoms with E-state index in [0.717, 1.165) is 19.3 Å². The number of carbonyl (C=O) groups excluding carboxylic acids is 1. The third kappa shape index (κ3) is 3.23. The zero-order valence-electron chi connectivity index (χ0n) is 12.8. The second-order valence-corrected chi connectivity index (χ2v) is 5.88. The van der Waals surface area contributed by atoms with Crippen LogP contribution in [0.1, 0.15) is 59.1 Å². The predicted octanol–water partition coefficient (Wildman–Crippen LogP) is 2.74. The molecule has 2 atom stereocenters. The van der Waals surface area contributed by atoms with Gasteiger partial charge in [0.15, 0.2) is 0 Å². The summed E-state index contributed by atoms with van der Waals surface area (Å²) in [5.74, 6) is -0.658. The zero-order valence-corrected chi connectivity index (χ0v) is 12.8. The summed E-state index contributed by atoms with van der Waals surface area (Å²) in [6.45, 7) is 3.79. The van der Waals surface area contributed by atoms with Gasteiger partial charge in [-0.05, 0) is 37.8 Å². The Morgan fingerprint density at radius 1 is 1.29 bits per heavy atom. The van der Waals surface area contributed by atoms with Crippen molar-refractivity contribution in [2.45, 2.75) is 45.6 Å². The molecule has 0 bridgehead atoms. The maximum Gasteiger partial charge on any atom is 0.337 e. The second-order valence-electron chi connectivity index (χ2n) is 5.88. The van der Waals surface area contributed by atoms with Crippen LogP contribution < -0.4 is 0 Å². The molecule has 5 nitrogen and oxygen atoms in total. The van der Waals surface area contributed by atoms with Crippen molar-refractivity contribution in [1.82, 2.24) is 9.88 Å². The molecule has 1 aliphatic carbocycles. The summed E-state index contributed by atoms with van der Waals surface area (Å²) < 4.78 is 0. The van der Waals surface area contributed by atoms with Gasteiger partial charge in [0.2, 0.25) is 0 Å². The van der Waals surface area contributed by atoms with Gasteiger partial charge in [0.05, 0.1) is 11.3 Å². The smallest absolute Gasteiger partial charge is 0.337 e. The van der Waals surface area contributed by atoms with Gasteiger partial charge >= 0.3 is 5.97 Å². The maximum absolute atomic E-state index is 12.5. The lowest BCUT2D eigenvalue weighted by atomic mass is 9.85. The van der Waals surface area contributed by atoms with Crippen LogP contribution in [0, 0.1) is 12.8 Å². The molecule has 0 saturated heterocycles. The van der Waals surface area contributed by atoms with Gasteiger partial charge in [0, 0.05) is 13.1 Å². The van der Waals surface area contributed by atoms with Crippen LogP contribution in [0.4, 0.5) is 0 Å². The standard InChI is InChI=1S/C16H22N2O3/c1-10-6-4-5-7-14(10)18(3)15(19)13-9-8-12(16(20)21)11(2)17-13/h8-10,14H,4-7H2,1-3H3,(H,20,21). The first kappa shape index (κ1) is 15.5. The summed E-state index contributed by atoms with van der Waals surface area (Å²) in [6.07, 6.45) is 4.55. The van der Waals surface area contributed by atoms with Crippen molar-refractivity contribution in [3.05, 3.63) is 29.1 Å². The van der Waals surface area contributed by atoms with Crippen LogP contribution in [-0.2, 0) is 0 Å². The van der Waals surface area contributed by atoms with Crippen LogP contribution in [0.25, 0.3) is 0 Å². The third-order valence-electron chi connectivity index (χ3n) is 4.42. The molecule has 1 saturated carbocycles. The molecule has 1 aromatic rings. The summed E-state index contributed by atoms with van der Waals surface area (Å²) in [7, 11) is 1.82. The molecule has 1 fully saturated rings. The van der Waals surface area contributed by atoms with E-state index >= 15 is 0 Å². The van der Waals surface area contributed by atoms with Gasteiger partial charge in [-0.1, -0.05) is 19.8 Å². The first-order valence-corrected chi connectivity index (χ1v) is 7.40. The lowest BCUT2D eigenvalue weighted by Gasteiger charge is -2.36. The number of carboxylic acid groups (broad SMARTS) is 1. The molecule has 114 valence electrons. The molecule has 1 aliphatic rings. The highest BCUT2D eigenvalue weighted by molar-refractivity contribution is 5.94. The number of hydrogen-bond acceptors (Lipinski definition) is 3. The molecule has 0 spiro atoms. The SMILES string of the molecule is Cc1nc(C(=O)N(C)C2CCCCC2C)ccc1C(=O)O. The van der Waals surface area contributed by atoms with E-state index in [2.05, 4.69) is 11.9 Å². The number of pyridine rings is 1. The summed E-state index contributed by atoms with van der Waals surface area (Å²) in [5.41, 5.74) is 0.830. The lowest BCUT2D eigenvalue weighted by Crippen LogP contribution is -2.43. The first-order chi connectivity index (χ1) is 9.91. The Labute approximate surface area is 125 Å². The third-order valence-corrected chi connectivity index (χ3v) is 4.42. The monoisotopic (exact) mass is 290 g/mol. The van der Waals surface area contributed by atoms with E-state index in [1.165, 1.54) is 18.6 Å². The molecule has 0 aliphatic heterocycles. The number of amides is 1. The summed E-state index contributed by atoms with van der Waals surface area (Å²) in [6, 6.07) is 3.20. The quantitative estimate of drug-likeness (QED) is 0.929. The van der Waals surface area contributed by atoms with Gasteiger partial charge in [-0.15, -0.1) is 0 Å². The molecule has 2 unspecified atom stereocenters. The highest BCUT2D eigenvalue weighted by Crippen LogP contribution is 2.28. The molecule has 1 N–H and O–H groups in total. The van der Waals surface area contributed by atoms with Crippen molar-refractivity contribution in [3.8, 4) is 0 Å². The highest BCUT2D eigenvalue weighted by atomic mass is 16.4. The van der Waals surface area contributed by atoms with E-state index in [0.29, 0.717) is 17.3 Å². The number of nitrogens with zero attached hydrogens (tertiary/aromatic N) is 2. The van der Waals surface area contributed by atoms with Gasteiger partial charge in [-0.2, -0.15) is 0 Å². The number of aryl methyl sites for hydroxylation is 1. The summed E-state index contributed by atoms with van der Waals surface area (Å²) in [4.78, 5) is 29.5. The minimum absolute atomic E-state index is 0.131. The van der Waals surface area contributed by atoms with Gasteiger partial charge in [0.1, 0.15) is 5.69 Å². The number of carboxylic acids is 1. The van der Waals surface area contributed by atoms with Crippen molar-refractivity contribution in [2.24, 2.45) is 5.92 Å². The Morgan fingerprint density at radius 2 is 1.95 bits per heavy atom. The highest BCUT2D eigenvalue weighted by Gasteiger charge is 2.29. The Bertz CT molecular complexity index is 556. The van der Waals surface area contributed by atoms with Crippen LogP contribution in [0.2, 0.25) is 0 Å². The number of rotatable bonds is 3. The molecule has 21 heavy (non-hydrogen) atoms. The van der Waals surface area contributed by atoms with Crippen LogP contribution in [0.3, 0.4) is 0 Å². The fourth-order valence-corrected chi connectivity index (χ4v) is 3.11. The van der Waals surface area contributed by atoms with Crippen molar-refractivity contribution in [2.75, 3.05) is 7.05 Å². The van der Waals surface area contributed by atoms with Gasteiger partial charge in [-0.3, -0.25) is 4.79 Å². The molecule has 5 heteroatoms. The molecule has 0 aromatic carbocycles. The molecular weight excluding hydrogens is 268 g/mol. The average Bonchev–Trinajstić information content (AvgIpc) is 2.45.